The monoisotopic (exact) mass is 313 g/mol. The van der Waals surface area contributed by atoms with Gasteiger partial charge in [0.1, 0.15) is 18.5 Å². The predicted molar refractivity (Wildman–Crippen MR) is 82.4 cm³/mol. The average molecular weight is 313 g/mol. The van der Waals surface area contributed by atoms with Crippen LogP contribution in [0.3, 0.4) is 0 Å². The van der Waals surface area contributed by atoms with E-state index in [1.807, 2.05) is 43.1 Å². The Morgan fingerprint density at radius 1 is 1.38 bits per heavy atom. The van der Waals surface area contributed by atoms with Gasteiger partial charge in [-0.15, -0.1) is 0 Å². The number of nitrogens with zero attached hydrogens (tertiary/aromatic N) is 1. The number of benzene rings is 1. The molecule has 0 spiro atoms. The highest BCUT2D eigenvalue weighted by atomic mass is 32.2. The summed E-state index contributed by atoms with van der Waals surface area (Å²) in [4.78, 5) is 1.91. The maximum absolute atomic E-state index is 11.5. The van der Waals surface area contributed by atoms with Crippen LogP contribution in [-0.2, 0) is 9.84 Å². The van der Waals surface area contributed by atoms with Gasteiger partial charge in [0.15, 0.2) is 9.84 Å². The second-order valence-electron chi connectivity index (χ2n) is 5.77. The van der Waals surface area contributed by atoms with E-state index >= 15 is 0 Å². The van der Waals surface area contributed by atoms with Crippen LogP contribution in [-0.4, -0.2) is 62.3 Å². The van der Waals surface area contributed by atoms with Crippen molar-refractivity contribution in [1.29, 1.82) is 0 Å². The summed E-state index contributed by atoms with van der Waals surface area (Å²) in [5.74, 6) is 1.17. The molecule has 0 aliphatic carbocycles. The zero-order valence-corrected chi connectivity index (χ0v) is 13.3. The maximum Gasteiger partial charge on any atom is 0.151 e. The SMILES string of the molecule is Cc1ccc(OCC(O)CN(C)C2CCS(=O)(=O)C2)cc1. The van der Waals surface area contributed by atoms with Gasteiger partial charge in [0.05, 0.1) is 11.5 Å². The van der Waals surface area contributed by atoms with Crippen LogP contribution in [0.5, 0.6) is 5.75 Å². The maximum atomic E-state index is 11.5. The van der Waals surface area contributed by atoms with Crippen LogP contribution < -0.4 is 4.74 Å². The number of ether oxygens (including phenoxy) is 1. The third-order valence-electron chi connectivity index (χ3n) is 3.79. The zero-order chi connectivity index (χ0) is 15.5. The van der Waals surface area contributed by atoms with Crippen molar-refractivity contribution in [1.82, 2.24) is 4.90 Å². The molecule has 1 heterocycles. The number of aryl methyl sites for hydroxylation is 1. The van der Waals surface area contributed by atoms with E-state index in [0.717, 1.165) is 11.3 Å². The van der Waals surface area contributed by atoms with E-state index in [-0.39, 0.29) is 24.2 Å². The number of sulfone groups is 1. The number of hydrogen-bond acceptors (Lipinski definition) is 5. The quantitative estimate of drug-likeness (QED) is 0.843. The van der Waals surface area contributed by atoms with Gasteiger partial charge in [0, 0.05) is 12.6 Å². The van der Waals surface area contributed by atoms with Crippen LogP contribution in [0.2, 0.25) is 0 Å². The molecule has 1 aliphatic heterocycles. The summed E-state index contributed by atoms with van der Waals surface area (Å²) < 4.78 is 28.4. The highest BCUT2D eigenvalue weighted by molar-refractivity contribution is 7.91. The van der Waals surface area contributed by atoms with Crippen LogP contribution >= 0.6 is 0 Å². The van der Waals surface area contributed by atoms with Crippen LogP contribution in [0, 0.1) is 6.92 Å². The molecule has 21 heavy (non-hydrogen) atoms. The molecule has 1 saturated heterocycles. The van der Waals surface area contributed by atoms with E-state index in [1.165, 1.54) is 0 Å². The summed E-state index contributed by atoms with van der Waals surface area (Å²) >= 11 is 0. The number of likely N-dealkylation sites (N-methyl/N-ethyl adjacent to an activating group) is 1. The fourth-order valence-corrected chi connectivity index (χ4v) is 4.29. The second kappa shape index (κ2) is 6.77. The molecule has 1 fully saturated rings. The van der Waals surface area contributed by atoms with Gasteiger partial charge in [-0.2, -0.15) is 0 Å². The molecule has 1 aromatic rings. The molecule has 5 nitrogen and oxygen atoms in total. The lowest BCUT2D eigenvalue weighted by Gasteiger charge is -2.25. The molecule has 0 amide bonds. The first-order valence-corrected chi connectivity index (χ1v) is 8.96. The van der Waals surface area contributed by atoms with Crippen molar-refractivity contribution < 1.29 is 18.3 Å². The first kappa shape index (κ1) is 16.3. The van der Waals surface area contributed by atoms with E-state index in [0.29, 0.717) is 13.0 Å². The molecule has 1 aliphatic rings. The summed E-state index contributed by atoms with van der Waals surface area (Å²) in [6, 6.07) is 7.66. The zero-order valence-electron chi connectivity index (χ0n) is 12.5. The molecule has 118 valence electrons. The van der Waals surface area contributed by atoms with Crippen molar-refractivity contribution in [2.24, 2.45) is 0 Å². The molecule has 2 atom stereocenters. The molecule has 0 saturated carbocycles. The predicted octanol–water partition coefficient (Wildman–Crippen LogP) is 0.854. The van der Waals surface area contributed by atoms with Gasteiger partial charge < -0.3 is 9.84 Å². The summed E-state index contributed by atoms with van der Waals surface area (Å²) in [5, 5.41) is 10.0. The fourth-order valence-electron chi connectivity index (χ4n) is 2.48. The standard InChI is InChI=1S/C15H23NO4S/c1-12-3-5-15(6-4-12)20-10-14(17)9-16(2)13-7-8-21(18,19)11-13/h3-6,13-14,17H,7-11H2,1-2H3. The number of hydrogen-bond donors (Lipinski definition) is 1. The Balaban J connectivity index is 1.76. The van der Waals surface area contributed by atoms with Crippen LogP contribution in [0.15, 0.2) is 24.3 Å². The number of aliphatic hydroxyl groups is 1. The molecule has 1 N–H and O–H groups in total. The minimum atomic E-state index is -2.89. The Labute approximate surface area is 126 Å². The number of aliphatic hydroxyl groups excluding tert-OH is 1. The summed E-state index contributed by atoms with van der Waals surface area (Å²) in [6.07, 6.45) is 0.00397. The lowest BCUT2D eigenvalue weighted by atomic mass is 10.2. The molecule has 0 radical (unpaired) electrons. The topological polar surface area (TPSA) is 66.8 Å². The Morgan fingerprint density at radius 2 is 2.05 bits per heavy atom. The second-order valence-corrected chi connectivity index (χ2v) is 8.00. The Hall–Kier alpha value is -1.11. The van der Waals surface area contributed by atoms with E-state index in [4.69, 9.17) is 4.74 Å². The molecular formula is C15H23NO4S. The van der Waals surface area contributed by atoms with Gasteiger partial charge >= 0.3 is 0 Å². The Bertz CT molecular complexity index is 556. The molecule has 0 bridgehead atoms. The normalized spacial score (nSPS) is 22.4. The first-order valence-electron chi connectivity index (χ1n) is 7.14. The third kappa shape index (κ3) is 4.98. The van der Waals surface area contributed by atoms with E-state index < -0.39 is 15.9 Å². The van der Waals surface area contributed by atoms with E-state index in [2.05, 4.69) is 0 Å². The lowest BCUT2D eigenvalue weighted by molar-refractivity contribution is 0.0664. The highest BCUT2D eigenvalue weighted by Crippen LogP contribution is 2.17. The summed E-state index contributed by atoms with van der Waals surface area (Å²) in [6.45, 7) is 2.61. The minimum absolute atomic E-state index is 0.00373. The van der Waals surface area contributed by atoms with Crippen molar-refractivity contribution in [3.05, 3.63) is 29.8 Å². The molecule has 2 unspecified atom stereocenters. The van der Waals surface area contributed by atoms with Crippen LogP contribution in [0.4, 0.5) is 0 Å². The van der Waals surface area contributed by atoms with Gasteiger partial charge in [0.25, 0.3) is 0 Å². The van der Waals surface area contributed by atoms with Crippen molar-refractivity contribution in [2.75, 3.05) is 31.7 Å². The van der Waals surface area contributed by atoms with Crippen LogP contribution in [0.1, 0.15) is 12.0 Å². The van der Waals surface area contributed by atoms with E-state index in [1.54, 1.807) is 0 Å². The third-order valence-corrected chi connectivity index (χ3v) is 5.54. The summed E-state index contributed by atoms with van der Waals surface area (Å²) in [7, 11) is -1.04. The summed E-state index contributed by atoms with van der Waals surface area (Å²) in [5.41, 5.74) is 1.16. The van der Waals surface area contributed by atoms with E-state index in [9.17, 15) is 13.5 Å². The van der Waals surface area contributed by atoms with Gasteiger partial charge in [0.2, 0.25) is 0 Å². The average Bonchev–Trinajstić information content (AvgIpc) is 2.78. The van der Waals surface area contributed by atoms with Crippen molar-refractivity contribution in [3.63, 3.8) is 0 Å². The first-order chi connectivity index (χ1) is 9.85. The molecule has 6 heteroatoms. The highest BCUT2D eigenvalue weighted by Gasteiger charge is 2.31. The largest absolute Gasteiger partial charge is 0.491 e. The Morgan fingerprint density at radius 3 is 2.62 bits per heavy atom. The molecular weight excluding hydrogens is 290 g/mol. The lowest BCUT2D eigenvalue weighted by Crippen LogP contribution is -2.40. The Kier molecular flexibility index (Phi) is 5.24. The number of rotatable bonds is 6. The van der Waals surface area contributed by atoms with Gasteiger partial charge in [-0.3, -0.25) is 4.90 Å². The van der Waals surface area contributed by atoms with Crippen molar-refractivity contribution >= 4 is 9.84 Å². The fraction of sp³-hybridized carbons (Fsp3) is 0.600. The molecule has 0 aromatic heterocycles. The molecule has 2 rings (SSSR count). The van der Waals surface area contributed by atoms with Crippen molar-refractivity contribution in [2.45, 2.75) is 25.5 Å². The van der Waals surface area contributed by atoms with Gasteiger partial charge in [-0.25, -0.2) is 8.42 Å². The minimum Gasteiger partial charge on any atom is -0.491 e. The van der Waals surface area contributed by atoms with Gasteiger partial charge in [-0.1, -0.05) is 17.7 Å². The smallest absolute Gasteiger partial charge is 0.151 e. The van der Waals surface area contributed by atoms with Gasteiger partial charge in [-0.05, 0) is 32.5 Å². The van der Waals surface area contributed by atoms with Crippen molar-refractivity contribution in [3.8, 4) is 5.75 Å². The van der Waals surface area contributed by atoms with Crippen LogP contribution in [0.25, 0.3) is 0 Å². The molecule has 1 aromatic carbocycles.